The van der Waals surface area contributed by atoms with Crippen LogP contribution in [-0.2, 0) is 6.54 Å². The lowest BCUT2D eigenvalue weighted by atomic mass is 10.2. The van der Waals surface area contributed by atoms with Crippen molar-refractivity contribution in [2.75, 3.05) is 37.6 Å². The molecule has 2 aromatic carbocycles. The molecule has 124 valence electrons. The molecule has 4 rings (SSSR count). The Hall–Kier alpha value is -2.40. The number of aryl methyl sites for hydroxylation is 1. The largest absolute Gasteiger partial charge is 0.369 e. The van der Waals surface area contributed by atoms with Crippen molar-refractivity contribution in [1.29, 1.82) is 0 Å². The first kappa shape index (κ1) is 15.1. The van der Waals surface area contributed by atoms with Gasteiger partial charge in [-0.3, -0.25) is 4.90 Å². The molecule has 0 unspecified atom stereocenters. The number of hydrogen-bond acceptors (Lipinski definition) is 4. The van der Waals surface area contributed by atoms with Crippen LogP contribution in [0.15, 0.2) is 54.6 Å². The van der Waals surface area contributed by atoms with E-state index in [1.807, 2.05) is 29.1 Å². The Bertz CT molecular complexity index is 742. The Morgan fingerprint density at radius 2 is 1.33 bits per heavy atom. The van der Waals surface area contributed by atoms with Crippen molar-refractivity contribution in [3.05, 3.63) is 54.6 Å². The van der Waals surface area contributed by atoms with Gasteiger partial charge >= 0.3 is 0 Å². The Labute approximate surface area is 142 Å². The van der Waals surface area contributed by atoms with Crippen LogP contribution in [0.5, 0.6) is 0 Å². The highest BCUT2D eigenvalue weighted by Crippen LogP contribution is 2.15. The highest BCUT2D eigenvalue weighted by atomic mass is 15.5. The summed E-state index contributed by atoms with van der Waals surface area (Å²) in [5.74, 6) is 0. The van der Waals surface area contributed by atoms with Crippen molar-refractivity contribution in [2.24, 2.45) is 0 Å². The summed E-state index contributed by atoms with van der Waals surface area (Å²) in [6, 6.07) is 18.7. The van der Waals surface area contributed by atoms with E-state index in [-0.39, 0.29) is 0 Å². The second-order valence-electron chi connectivity index (χ2n) is 6.30. The zero-order valence-corrected chi connectivity index (χ0v) is 13.9. The molecule has 1 aromatic heterocycles. The zero-order chi connectivity index (χ0) is 16.2. The van der Waals surface area contributed by atoms with Gasteiger partial charge in [0.25, 0.3) is 0 Å². The SMILES string of the molecule is c1ccc(N2CCN(CCCn3nc4ccccc4n3)CC2)cc1. The van der Waals surface area contributed by atoms with Gasteiger partial charge in [0.1, 0.15) is 11.0 Å². The fourth-order valence-corrected chi connectivity index (χ4v) is 3.31. The van der Waals surface area contributed by atoms with Crippen LogP contribution in [0, 0.1) is 0 Å². The maximum atomic E-state index is 4.53. The number of fused-ring (bicyclic) bond motifs is 1. The number of nitrogens with zero attached hydrogens (tertiary/aromatic N) is 5. The number of rotatable bonds is 5. The van der Waals surface area contributed by atoms with Crippen LogP contribution < -0.4 is 4.90 Å². The third-order valence-electron chi connectivity index (χ3n) is 4.65. The van der Waals surface area contributed by atoms with Crippen LogP contribution >= 0.6 is 0 Å². The minimum absolute atomic E-state index is 0.883. The molecule has 5 heteroatoms. The smallest absolute Gasteiger partial charge is 0.113 e. The molecule has 5 nitrogen and oxygen atoms in total. The van der Waals surface area contributed by atoms with Gasteiger partial charge < -0.3 is 4.90 Å². The third-order valence-corrected chi connectivity index (χ3v) is 4.65. The van der Waals surface area contributed by atoms with E-state index in [2.05, 4.69) is 50.3 Å². The molecule has 1 saturated heterocycles. The quantitative estimate of drug-likeness (QED) is 0.724. The lowest BCUT2D eigenvalue weighted by Gasteiger charge is -2.36. The molecule has 1 aliphatic rings. The molecule has 0 atom stereocenters. The summed E-state index contributed by atoms with van der Waals surface area (Å²) in [7, 11) is 0. The van der Waals surface area contributed by atoms with E-state index < -0.39 is 0 Å². The van der Waals surface area contributed by atoms with Crippen molar-refractivity contribution in [1.82, 2.24) is 19.9 Å². The van der Waals surface area contributed by atoms with Crippen LogP contribution in [0.3, 0.4) is 0 Å². The average Bonchev–Trinajstić information content (AvgIpc) is 3.06. The monoisotopic (exact) mass is 321 g/mol. The molecule has 0 radical (unpaired) electrons. The minimum atomic E-state index is 0.883. The summed E-state index contributed by atoms with van der Waals surface area (Å²) in [4.78, 5) is 6.85. The van der Waals surface area contributed by atoms with E-state index in [1.54, 1.807) is 0 Å². The fraction of sp³-hybridized carbons (Fsp3) is 0.368. The molecule has 0 bridgehead atoms. The van der Waals surface area contributed by atoms with Crippen molar-refractivity contribution < 1.29 is 0 Å². The third kappa shape index (κ3) is 3.41. The predicted octanol–water partition coefficient (Wildman–Crippen LogP) is 2.64. The van der Waals surface area contributed by atoms with E-state index in [1.165, 1.54) is 5.69 Å². The van der Waals surface area contributed by atoms with Gasteiger partial charge in [0.2, 0.25) is 0 Å². The van der Waals surface area contributed by atoms with Crippen molar-refractivity contribution in [2.45, 2.75) is 13.0 Å². The van der Waals surface area contributed by atoms with Crippen molar-refractivity contribution in [3.8, 4) is 0 Å². The van der Waals surface area contributed by atoms with Crippen molar-refractivity contribution >= 4 is 16.7 Å². The van der Waals surface area contributed by atoms with Gasteiger partial charge in [0, 0.05) is 38.4 Å². The number of para-hydroxylation sites is 1. The number of hydrogen-bond donors (Lipinski definition) is 0. The van der Waals surface area contributed by atoms with Crippen LogP contribution in [-0.4, -0.2) is 52.6 Å². The molecule has 2 heterocycles. The first-order valence-corrected chi connectivity index (χ1v) is 8.71. The molecule has 0 N–H and O–H groups in total. The number of benzene rings is 2. The van der Waals surface area contributed by atoms with Crippen LogP contribution in [0.25, 0.3) is 11.0 Å². The first-order chi connectivity index (χ1) is 11.9. The van der Waals surface area contributed by atoms with Gasteiger partial charge in [-0.2, -0.15) is 15.0 Å². The van der Waals surface area contributed by atoms with Gasteiger partial charge in [-0.05, 0) is 30.7 Å². The van der Waals surface area contributed by atoms with Crippen LogP contribution in [0.2, 0.25) is 0 Å². The molecule has 0 aliphatic carbocycles. The van der Waals surface area contributed by atoms with Gasteiger partial charge in [0.15, 0.2) is 0 Å². The Morgan fingerprint density at radius 3 is 2.00 bits per heavy atom. The van der Waals surface area contributed by atoms with E-state index in [9.17, 15) is 0 Å². The van der Waals surface area contributed by atoms with Gasteiger partial charge in [0.05, 0.1) is 6.54 Å². The topological polar surface area (TPSA) is 37.2 Å². The van der Waals surface area contributed by atoms with Gasteiger partial charge in [-0.15, -0.1) is 0 Å². The normalized spacial score (nSPS) is 15.9. The number of piperazine rings is 1. The molecule has 0 saturated carbocycles. The zero-order valence-electron chi connectivity index (χ0n) is 13.9. The summed E-state index contributed by atoms with van der Waals surface area (Å²) < 4.78 is 0. The van der Waals surface area contributed by atoms with Crippen LogP contribution in [0.1, 0.15) is 6.42 Å². The number of aromatic nitrogens is 3. The molecule has 1 fully saturated rings. The molecular formula is C19H23N5. The van der Waals surface area contributed by atoms with Crippen LogP contribution in [0.4, 0.5) is 5.69 Å². The fourth-order valence-electron chi connectivity index (χ4n) is 3.31. The Morgan fingerprint density at radius 1 is 0.708 bits per heavy atom. The minimum Gasteiger partial charge on any atom is -0.369 e. The highest BCUT2D eigenvalue weighted by molar-refractivity contribution is 5.72. The standard InChI is InChI=1S/C19H23N5/c1-2-7-17(8-3-1)23-15-13-22(14-16-23)11-6-12-24-20-18-9-4-5-10-19(18)21-24/h1-5,7-10H,6,11-16H2. The summed E-state index contributed by atoms with van der Waals surface area (Å²) in [5, 5.41) is 9.05. The second kappa shape index (κ2) is 7.01. The first-order valence-electron chi connectivity index (χ1n) is 8.71. The second-order valence-corrected chi connectivity index (χ2v) is 6.30. The van der Waals surface area contributed by atoms with E-state index in [4.69, 9.17) is 0 Å². The predicted molar refractivity (Wildman–Crippen MR) is 97.2 cm³/mol. The lowest BCUT2D eigenvalue weighted by Crippen LogP contribution is -2.46. The molecule has 0 amide bonds. The summed E-state index contributed by atoms with van der Waals surface area (Å²) in [6.45, 7) is 6.46. The van der Waals surface area contributed by atoms with E-state index in [0.717, 1.165) is 56.7 Å². The average molecular weight is 321 g/mol. The molecule has 1 aliphatic heterocycles. The Balaban J connectivity index is 1.24. The maximum Gasteiger partial charge on any atom is 0.113 e. The maximum absolute atomic E-state index is 4.53. The van der Waals surface area contributed by atoms with Gasteiger partial charge in [-0.1, -0.05) is 30.3 Å². The highest BCUT2D eigenvalue weighted by Gasteiger charge is 2.16. The Kier molecular flexibility index (Phi) is 4.42. The van der Waals surface area contributed by atoms with E-state index in [0.29, 0.717) is 0 Å². The molecular weight excluding hydrogens is 298 g/mol. The van der Waals surface area contributed by atoms with E-state index >= 15 is 0 Å². The molecule has 3 aromatic rings. The number of anilines is 1. The summed E-state index contributed by atoms with van der Waals surface area (Å²) in [5.41, 5.74) is 3.30. The molecule has 24 heavy (non-hydrogen) atoms. The van der Waals surface area contributed by atoms with Crippen molar-refractivity contribution in [3.63, 3.8) is 0 Å². The lowest BCUT2D eigenvalue weighted by molar-refractivity contribution is 0.247. The molecule has 0 spiro atoms. The summed E-state index contributed by atoms with van der Waals surface area (Å²) in [6.07, 6.45) is 1.09. The van der Waals surface area contributed by atoms with Gasteiger partial charge in [-0.25, -0.2) is 0 Å². The summed E-state index contributed by atoms with van der Waals surface area (Å²) >= 11 is 0.